The lowest BCUT2D eigenvalue weighted by atomic mass is 9.77. The van der Waals surface area contributed by atoms with Crippen molar-refractivity contribution in [2.75, 3.05) is 13.2 Å². The van der Waals surface area contributed by atoms with Crippen molar-refractivity contribution in [3.8, 4) is 0 Å². The number of carbonyl (C=O) groups excluding carboxylic acids is 2. The minimum absolute atomic E-state index is 0.0736. The summed E-state index contributed by atoms with van der Waals surface area (Å²) in [6, 6.07) is 38.2. The zero-order chi connectivity index (χ0) is 36.6. The van der Waals surface area contributed by atoms with Crippen molar-refractivity contribution in [2.45, 2.75) is 99.6 Å². The van der Waals surface area contributed by atoms with Gasteiger partial charge in [-0.3, -0.25) is 9.69 Å². The first-order valence-electron chi connectivity index (χ1n) is 19.5. The first-order valence-corrected chi connectivity index (χ1v) is 19.5. The van der Waals surface area contributed by atoms with Crippen molar-refractivity contribution >= 4 is 12.0 Å². The summed E-state index contributed by atoms with van der Waals surface area (Å²) in [6.07, 6.45) is 9.01. The Kier molecular flexibility index (Phi) is 11.9. The molecule has 0 radical (unpaired) electrons. The number of aliphatic hydroxyl groups is 2. The summed E-state index contributed by atoms with van der Waals surface area (Å²) in [5.74, 6) is -0.352. The number of hydrogen-bond acceptors (Lipinski definition) is 6. The van der Waals surface area contributed by atoms with Crippen LogP contribution in [0.15, 0.2) is 121 Å². The van der Waals surface area contributed by atoms with Gasteiger partial charge in [-0.15, -0.1) is 0 Å². The molecule has 0 spiro atoms. The zero-order valence-electron chi connectivity index (χ0n) is 30.4. The molecule has 8 heteroatoms. The van der Waals surface area contributed by atoms with Crippen LogP contribution in [0.1, 0.15) is 92.0 Å². The number of carbonyl (C=O) groups is 2. The number of amides is 2. The average molecular weight is 716 g/mol. The van der Waals surface area contributed by atoms with Crippen LogP contribution in [0.4, 0.5) is 4.79 Å². The fourth-order valence-corrected chi connectivity index (χ4v) is 9.18. The summed E-state index contributed by atoms with van der Waals surface area (Å²) < 4.78 is 6.00. The highest BCUT2D eigenvalue weighted by molar-refractivity contribution is 5.78. The Hall–Kier alpha value is -4.50. The van der Waals surface area contributed by atoms with Crippen LogP contribution in [0.3, 0.4) is 0 Å². The van der Waals surface area contributed by atoms with E-state index in [1.807, 2.05) is 121 Å². The highest BCUT2D eigenvalue weighted by Gasteiger charge is 2.44. The number of nitrogens with zero attached hydrogens (tertiary/aromatic N) is 1. The second kappa shape index (κ2) is 17.1. The molecule has 0 aromatic heterocycles. The van der Waals surface area contributed by atoms with Crippen molar-refractivity contribution in [3.05, 3.63) is 144 Å². The fraction of sp³-hybridized carbons (Fsp3) is 0.422. The average Bonchev–Trinajstić information content (AvgIpc) is 3.45. The zero-order valence-corrected chi connectivity index (χ0v) is 30.4. The SMILES string of the molecule is O=C(N[C@@H](c1ccccc1)C(O)(c1ccccc1)c1ccccc1)N[C@H]1CC[C@H](CCN2[C@@H]3CC[C@H]2CC(OC(=O)C(CO)c2ccccc2)C3)CC1. The monoisotopic (exact) mass is 715 g/mol. The molecule has 3 fully saturated rings. The number of aliphatic hydroxyl groups excluding tert-OH is 1. The first-order chi connectivity index (χ1) is 25.9. The maximum absolute atomic E-state index is 13.7. The predicted molar refractivity (Wildman–Crippen MR) is 206 cm³/mol. The summed E-state index contributed by atoms with van der Waals surface area (Å²) >= 11 is 0. The van der Waals surface area contributed by atoms with Crippen LogP contribution < -0.4 is 10.6 Å². The van der Waals surface area contributed by atoms with Crippen LogP contribution in [0, 0.1) is 5.92 Å². The van der Waals surface area contributed by atoms with Gasteiger partial charge in [0.15, 0.2) is 0 Å². The van der Waals surface area contributed by atoms with E-state index in [-0.39, 0.29) is 30.8 Å². The maximum Gasteiger partial charge on any atom is 0.316 e. The Labute approximate surface area is 313 Å². The molecule has 2 amide bonds. The number of benzene rings is 4. The number of rotatable bonds is 13. The van der Waals surface area contributed by atoms with Gasteiger partial charge < -0.3 is 25.6 Å². The van der Waals surface area contributed by atoms with Gasteiger partial charge in [-0.25, -0.2) is 4.79 Å². The Morgan fingerprint density at radius 2 is 1.23 bits per heavy atom. The molecule has 53 heavy (non-hydrogen) atoms. The molecule has 2 aliphatic heterocycles. The van der Waals surface area contributed by atoms with Gasteiger partial charge >= 0.3 is 12.0 Å². The van der Waals surface area contributed by atoms with Gasteiger partial charge in [0.2, 0.25) is 0 Å². The minimum atomic E-state index is -1.50. The third-order valence-corrected chi connectivity index (χ3v) is 12.0. The molecule has 278 valence electrons. The van der Waals surface area contributed by atoms with Crippen molar-refractivity contribution in [3.63, 3.8) is 0 Å². The Morgan fingerprint density at radius 1 is 0.717 bits per heavy atom. The summed E-state index contributed by atoms with van der Waals surface area (Å²) in [6.45, 7) is 0.801. The molecule has 4 aromatic carbocycles. The summed E-state index contributed by atoms with van der Waals surface area (Å²) in [4.78, 5) is 29.4. The van der Waals surface area contributed by atoms with Crippen LogP contribution in [0.25, 0.3) is 0 Å². The van der Waals surface area contributed by atoms with Gasteiger partial charge in [0, 0.05) is 31.0 Å². The van der Waals surface area contributed by atoms with Crippen LogP contribution in [0.5, 0.6) is 0 Å². The molecule has 1 saturated carbocycles. The molecule has 4 N–H and O–H groups in total. The molecule has 7 rings (SSSR count). The van der Waals surface area contributed by atoms with Crippen LogP contribution in [-0.2, 0) is 15.1 Å². The number of urea groups is 1. The lowest BCUT2D eigenvalue weighted by molar-refractivity contribution is -0.155. The number of piperidine rings is 1. The highest BCUT2D eigenvalue weighted by atomic mass is 16.5. The molecular formula is C45H53N3O5. The van der Waals surface area contributed by atoms with E-state index < -0.39 is 17.6 Å². The van der Waals surface area contributed by atoms with E-state index in [1.165, 1.54) is 0 Å². The standard InChI is InChI=1S/C45H53N3O5/c49-31-41(33-13-5-1-6-14-33)43(50)53-40-29-38-25-26-39(30-40)48(38)28-27-32-21-23-37(24-22-32)46-44(51)47-42(34-15-7-2-8-16-34)45(52,35-17-9-3-10-18-35)36-19-11-4-12-20-36/h1-20,32,37-42,49,52H,21-31H2,(H2,46,47,51)/t32-,37-,38-,39+,40?,41?,42-/m0/s1. The van der Waals surface area contributed by atoms with Crippen molar-refractivity contribution in [1.82, 2.24) is 15.5 Å². The number of hydrogen-bond donors (Lipinski definition) is 4. The molecule has 2 saturated heterocycles. The minimum Gasteiger partial charge on any atom is -0.462 e. The van der Waals surface area contributed by atoms with E-state index in [0.717, 1.165) is 75.5 Å². The summed E-state index contributed by atoms with van der Waals surface area (Å²) in [5.41, 5.74) is 1.52. The lowest BCUT2D eigenvalue weighted by Crippen LogP contribution is -2.50. The second-order valence-electron chi connectivity index (χ2n) is 15.3. The fourth-order valence-electron chi connectivity index (χ4n) is 9.18. The third kappa shape index (κ3) is 8.51. The van der Waals surface area contributed by atoms with Crippen molar-refractivity contribution < 1.29 is 24.5 Å². The number of fused-ring (bicyclic) bond motifs is 2. The molecule has 2 unspecified atom stereocenters. The smallest absolute Gasteiger partial charge is 0.316 e. The van der Waals surface area contributed by atoms with E-state index in [1.54, 1.807) is 0 Å². The number of nitrogens with one attached hydrogen (secondary N) is 2. The van der Waals surface area contributed by atoms with Gasteiger partial charge in [0.25, 0.3) is 0 Å². The second-order valence-corrected chi connectivity index (χ2v) is 15.3. The molecule has 5 atom stereocenters. The summed E-state index contributed by atoms with van der Waals surface area (Å²) in [7, 11) is 0. The van der Waals surface area contributed by atoms with Gasteiger partial charge in [-0.2, -0.15) is 0 Å². The van der Waals surface area contributed by atoms with Crippen LogP contribution in [-0.4, -0.2) is 64.5 Å². The highest BCUT2D eigenvalue weighted by Crippen LogP contribution is 2.42. The largest absolute Gasteiger partial charge is 0.462 e. The number of ether oxygens (including phenoxy) is 1. The van der Waals surface area contributed by atoms with E-state index in [4.69, 9.17) is 4.74 Å². The Bertz CT molecular complexity index is 1700. The van der Waals surface area contributed by atoms with Gasteiger partial charge in [0.05, 0.1) is 12.6 Å². The van der Waals surface area contributed by atoms with Gasteiger partial charge in [-0.05, 0) is 79.7 Å². The lowest BCUT2D eigenvalue weighted by Gasteiger charge is -2.40. The van der Waals surface area contributed by atoms with Crippen LogP contribution in [0.2, 0.25) is 0 Å². The molecule has 1 aliphatic carbocycles. The molecule has 2 bridgehead atoms. The Morgan fingerprint density at radius 3 is 1.75 bits per heavy atom. The van der Waals surface area contributed by atoms with Gasteiger partial charge in [0.1, 0.15) is 17.6 Å². The normalized spacial score (nSPS) is 24.2. The Balaban J connectivity index is 0.912. The number of esters is 1. The van der Waals surface area contributed by atoms with E-state index >= 15 is 0 Å². The predicted octanol–water partition coefficient (Wildman–Crippen LogP) is 7.23. The third-order valence-electron chi connectivity index (χ3n) is 12.0. The molecule has 2 heterocycles. The molecule has 3 aliphatic rings. The summed E-state index contributed by atoms with van der Waals surface area (Å²) in [5, 5.41) is 29.0. The molecule has 8 nitrogen and oxygen atoms in total. The molecular weight excluding hydrogens is 663 g/mol. The maximum atomic E-state index is 13.7. The first kappa shape index (κ1) is 36.8. The quantitative estimate of drug-likeness (QED) is 0.109. The topological polar surface area (TPSA) is 111 Å². The van der Waals surface area contributed by atoms with Gasteiger partial charge in [-0.1, -0.05) is 121 Å². The van der Waals surface area contributed by atoms with E-state index in [9.17, 15) is 19.8 Å². The van der Waals surface area contributed by atoms with Crippen molar-refractivity contribution in [1.29, 1.82) is 0 Å². The molecule has 4 aromatic rings. The van der Waals surface area contributed by atoms with E-state index in [0.29, 0.717) is 29.1 Å². The van der Waals surface area contributed by atoms with Crippen molar-refractivity contribution in [2.24, 2.45) is 5.92 Å². The van der Waals surface area contributed by atoms with E-state index in [2.05, 4.69) is 15.5 Å². The van der Waals surface area contributed by atoms with Crippen LogP contribution >= 0.6 is 0 Å².